The fourth-order valence-electron chi connectivity index (χ4n) is 1.28. The smallest absolute Gasteiger partial charge is 0.0658 e. The van der Waals surface area contributed by atoms with Gasteiger partial charge in [-0.15, -0.1) is 0 Å². The Labute approximate surface area is 95.6 Å². The minimum Gasteiger partial charge on any atom is -0.399 e. The molecule has 1 rings (SSSR count). The molecule has 0 saturated carbocycles. The molecule has 0 aliphatic heterocycles. The minimum atomic E-state index is 0.325. The van der Waals surface area contributed by atoms with Crippen molar-refractivity contribution in [3.63, 3.8) is 0 Å². The van der Waals surface area contributed by atoms with Crippen LogP contribution in [0.5, 0.6) is 0 Å². The van der Waals surface area contributed by atoms with Gasteiger partial charge in [0.05, 0.1) is 10.7 Å². The summed E-state index contributed by atoms with van der Waals surface area (Å²) in [6.07, 6.45) is 0.942. The summed E-state index contributed by atoms with van der Waals surface area (Å²) in [5, 5.41) is 3.96. The van der Waals surface area contributed by atoms with Crippen LogP contribution in [0.25, 0.3) is 0 Å². The zero-order valence-electron chi connectivity index (χ0n) is 9.09. The number of nitrogens with two attached hydrogens (primary N) is 1. The van der Waals surface area contributed by atoms with Gasteiger partial charge in [-0.25, -0.2) is 0 Å². The van der Waals surface area contributed by atoms with Crippen LogP contribution in [0.1, 0.15) is 13.3 Å². The van der Waals surface area contributed by atoms with Crippen LogP contribution < -0.4 is 11.1 Å². The van der Waals surface area contributed by atoms with Gasteiger partial charge in [-0.2, -0.15) is 0 Å². The molecule has 0 bridgehead atoms. The number of hydrogen-bond donors (Lipinski definition) is 2. The summed E-state index contributed by atoms with van der Waals surface area (Å²) >= 11 is 6.03. The molecule has 0 heterocycles. The van der Waals surface area contributed by atoms with Gasteiger partial charge >= 0.3 is 0 Å². The minimum absolute atomic E-state index is 0.325. The Morgan fingerprint density at radius 2 is 2.27 bits per heavy atom. The number of nitrogen functional groups attached to an aromatic ring is 1. The van der Waals surface area contributed by atoms with Crippen molar-refractivity contribution in [2.45, 2.75) is 19.4 Å². The van der Waals surface area contributed by atoms with Crippen molar-refractivity contribution in [1.82, 2.24) is 0 Å². The van der Waals surface area contributed by atoms with Crippen molar-refractivity contribution in [2.24, 2.45) is 0 Å². The molecule has 0 aliphatic carbocycles. The molecule has 84 valence electrons. The number of halogens is 1. The summed E-state index contributed by atoms with van der Waals surface area (Å²) in [6.45, 7) is 2.83. The summed E-state index contributed by atoms with van der Waals surface area (Å²) in [5.74, 6) is 0. The van der Waals surface area contributed by atoms with E-state index < -0.39 is 0 Å². The van der Waals surface area contributed by atoms with Gasteiger partial charge in [0.15, 0.2) is 0 Å². The Bertz CT molecular complexity index is 317. The second-order valence-corrected chi connectivity index (χ2v) is 3.97. The maximum atomic E-state index is 6.03. The molecule has 0 spiro atoms. The first kappa shape index (κ1) is 12.1. The highest BCUT2D eigenvalue weighted by molar-refractivity contribution is 6.33. The molecule has 1 unspecified atom stereocenters. The SMILES string of the molecule is COCCC(C)Nc1ccc(N)cc1Cl. The van der Waals surface area contributed by atoms with E-state index in [4.69, 9.17) is 22.1 Å². The molecule has 1 aromatic carbocycles. The van der Waals surface area contributed by atoms with Crippen LogP contribution in [0.15, 0.2) is 18.2 Å². The first-order valence-electron chi connectivity index (χ1n) is 4.94. The van der Waals surface area contributed by atoms with E-state index in [1.165, 1.54) is 0 Å². The molecule has 0 saturated heterocycles. The fraction of sp³-hybridized carbons (Fsp3) is 0.455. The van der Waals surface area contributed by atoms with Gasteiger partial charge in [0.25, 0.3) is 0 Å². The lowest BCUT2D eigenvalue weighted by Crippen LogP contribution is -2.17. The molecule has 0 fully saturated rings. The lowest BCUT2D eigenvalue weighted by Gasteiger charge is -2.16. The quantitative estimate of drug-likeness (QED) is 0.762. The van der Waals surface area contributed by atoms with E-state index in [0.29, 0.717) is 16.8 Å². The lowest BCUT2D eigenvalue weighted by molar-refractivity contribution is 0.191. The normalized spacial score (nSPS) is 12.5. The van der Waals surface area contributed by atoms with Crippen LogP contribution in [0.4, 0.5) is 11.4 Å². The van der Waals surface area contributed by atoms with Crippen molar-refractivity contribution in [3.8, 4) is 0 Å². The predicted molar refractivity (Wildman–Crippen MR) is 65.4 cm³/mol. The van der Waals surface area contributed by atoms with E-state index in [0.717, 1.165) is 18.7 Å². The number of hydrogen-bond acceptors (Lipinski definition) is 3. The molecular formula is C11H17ClN2O. The van der Waals surface area contributed by atoms with Gasteiger partial charge in [-0.1, -0.05) is 11.6 Å². The number of benzene rings is 1. The zero-order valence-corrected chi connectivity index (χ0v) is 9.84. The van der Waals surface area contributed by atoms with Crippen LogP contribution in [0.2, 0.25) is 5.02 Å². The van der Waals surface area contributed by atoms with Crippen LogP contribution in [0.3, 0.4) is 0 Å². The largest absolute Gasteiger partial charge is 0.399 e. The van der Waals surface area contributed by atoms with Crippen molar-refractivity contribution in [2.75, 3.05) is 24.8 Å². The van der Waals surface area contributed by atoms with Crippen molar-refractivity contribution in [1.29, 1.82) is 0 Å². The summed E-state index contributed by atoms with van der Waals surface area (Å²) in [5.41, 5.74) is 7.19. The molecule has 4 heteroatoms. The van der Waals surface area contributed by atoms with E-state index >= 15 is 0 Å². The summed E-state index contributed by atoms with van der Waals surface area (Å²) in [4.78, 5) is 0. The van der Waals surface area contributed by atoms with E-state index in [9.17, 15) is 0 Å². The molecule has 3 N–H and O–H groups in total. The van der Waals surface area contributed by atoms with Gasteiger partial charge < -0.3 is 15.8 Å². The van der Waals surface area contributed by atoms with Gasteiger partial charge in [0, 0.05) is 25.4 Å². The molecule has 0 amide bonds. The third-order valence-electron chi connectivity index (χ3n) is 2.15. The second-order valence-electron chi connectivity index (χ2n) is 3.57. The van der Waals surface area contributed by atoms with Gasteiger partial charge in [-0.05, 0) is 31.5 Å². The Hall–Kier alpha value is -0.930. The zero-order chi connectivity index (χ0) is 11.3. The average Bonchev–Trinajstić information content (AvgIpc) is 2.19. The van der Waals surface area contributed by atoms with Gasteiger partial charge in [-0.3, -0.25) is 0 Å². The maximum Gasteiger partial charge on any atom is 0.0658 e. The average molecular weight is 229 g/mol. The van der Waals surface area contributed by atoms with Crippen LogP contribution in [0, 0.1) is 0 Å². The maximum absolute atomic E-state index is 6.03. The Morgan fingerprint density at radius 3 is 2.87 bits per heavy atom. The molecule has 3 nitrogen and oxygen atoms in total. The second kappa shape index (κ2) is 5.83. The van der Waals surface area contributed by atoms with Crippen LogP contribution in [-0.2, 0) is 4.74 Å². The molecule has 0 aromatic heterocycles. The van der Waals surface area contributed by atoms with E-state index in [1.807, 2.05) is 12.1 Å². The first-order valence-corrected chi connectivity index (χ1v) is 5.31. The monoisotopic (exact) mass is 228 g/mol. The fourth-order valence-corrected chi connectivity index (χ4v) is 1.52. The standard InChI is InChI=1S/C11H17ClN2O/c1-8(5-6-15-2)14-11-4-3-9(13)7-10(11)12/h3-4,7-8,14H,5-6,13H2,1-2H3. The Kier molecular flexibility index (Phi) is 4.72. The van der Waals surface area contributed by atoms with Crippen LogP contribution in [-0.4, -0.2) is 19.8 Å². The third-order valence-corrected chi connectivity index (χ3v) is 2.46. The highest BCUT2D eigenvalue weighted by Crippen LogP contribution is 2.24. The van der Waals surface area contributed by atoms with E-state index in [-0.39, 0.29) is 0 Å². The van der Waals surface area contributed by atoms with Crippen LogP contribution >= 0.6 is 11.6 Å². The van der Waals surface area contributed by atoms with Gasteiger partial charge in [0.2, 0.25) is 0 Å². The Morgan fingerprint density at radius 1 is 1.53 bits per heavy atom. The first-order chi connectivity index (χ1) is 7.13. The van der Waals surface area contributed by atoms with E-state index in [1.54, 1.807) is 13.2 Å². The number of rotatable bonds is 5. The molecule has 1 aromatic rings. The number of anilines is 2. The molecule has 0 radical (unpaired) electrons. The Balaban J connectivity index is 2.56. The highest BCUT2D eigenvalue weighted by Gasteiger charge is 2.05. The number of ether oxygens (including phenoxy) is 1. The third kappa shape index (κ3) is 3.98. The molecule has 0 aliphatic rings. The topological polar surface area (TPSA) is 47.3 Å². The molecule has 1 atom stereocenters. The van der Waals surface area contributed by atoms with E-state index in [2.05, 4.69) is 12.2 Å². The van der Waals surface area contributed by atoms with Gasteiger partial charge in [0.1, 0.15) is 0 Å². The van der Waals surface area contributed by atoms with Crippen molar-refractivity contribution < 1.29 is 4.74 Å². The van der Waals surface area contributed by atoms with Crippen molar-refractivity contribution in [3.05, 3.63) is 23.2 Å². The van der Waals surface area contributed by atoms with Crippen molar-refractivity contribution >= 4 is 23.0 Å². The number of nitrogens with one attached hydrogen (secondary N) is 1. The summed E-state index contributed by atoms with van der Waals surface area (Å²) in [6, 6.07) is 5.79. The summed E-state index contributed by atoms with van der Waals surface area (Å²) < 4.78 is 5.01. The number of methoxy groups -OCH3 is 1. The molecular weight excluding hydrogens is 212 g/mol. The lowest BCUT2D eigenvalue weighted by atomic mass is 10.2. The predicted octanol–water partition coefficient (Wildman–Crippen LogP) is 2.76. The summed E-state index contributed by atoms with van der Waals surface area (Å²) in [7, 11) is 1.70. The molecule has 15 heavy (non-hydrogen) atoms. The highest BCUT2D eigenvalue weighted by atomic mass is 35.5.